The van der Waals surface area contributed by atoms with E-state index >= 15 is 0 Å². The van der Waals surface area contributed by atoms with Crippen LogP contribution in [0, 0.1) is 10.1 Å². The Balaban J connectivity index is 1.56. The molecule has 134 valence electrons. The minimum atomic E-state index is -0.505. The SMILES string of the molecule is CC(C(=O)NC1CC1)N1CCN(C(=O)c2cccc([N+](=O)[O-])c2)CC1. The number of carbonyl (C=O) groups is 2. The zero-order valence-electron chi connectivity index (χ0n) is 14.2. The van der Waals surface area contributed by atoms with Gasteiger partial charge in [-0.3, -0.25) is 24.6 Å². The Kier molecular flexibility index (Phi) is 4.98. The highest BCUT2D eigenvalue weighted by Crippen LogP contribution is 2.20. The van der Waals surface area contributed by atoms with Gasteiger partial charge in [0.25, 0.3) is 11.6 Å². The van der Waals surface area contributed by atoms with Crippen molar-refractivity contribution in [3.63, 3.8) is 0 Å². The molecule has 2 fully saturated rings. The Morgan fingerprint density at radius 2 is 1.92 bits per heavy atom. The number of hydrogen-bond donors (Lipinski definition) is 1. The highest BCUT2D eigenvalue weighted by Gasteiger charge is 2.31. The zero-order chi connectivity index (χ0) is 18.0. The van der Waals surface area contributed by atoms with Gasteiger partial charge in [0.2, 0.25) is 5.91 Å². The quantitative estimate of drug-likeness (QED) is 0.634. The highest BCUT2D eigenvalue weighted by atomic mass is 16.6. The van der Waals surface area contributed by atoms with E-state index in [1.54, 1.807) is 11.0 Å². The Bertz CT molecular complexity index is 681. The molecule has 2 aliphatic rings. The van der Waals surface area contributed by atoms with Gasteiger partial charge in [0.1, 0.15) is 0 Å². The summed E-state index contributed by atoms with van der Waals surface area (Å²) >= 11 is 0. The molecular formula is C17H22N4O4. The number of piperazine rings is 1. The summed E-state index contributed by atoms with van der Waals surface area (Å²) in [5.74, 6) is -0.167. The summed E-state index contributed by atoms with van der Waals surface area (Å²) < 4.78 is 0. The van der Waals surface area contributed by atoms with Crippen molar-refractivity contribution >= 4 is 17.5 Å². The molecule has 0 radical (unpaired) electrons. The number of carbonyl (C=O) groups excluding carboxylic acids is 2. The fraction of sp³-hybridized carbons (Fsp3) is 0.529. The summed E-state index contributed by atoms with van der Waals surface area (Å²) in [6, 6.07) is 5.91. The molecule has 0 bridgehead atoms. The van der Waals surface area contributed by atoms with Crippen molar-refractivity contribution in [1.29, 1.82) is 0 Å². The smallest absolute Gasteiger partial charge is 0.270 e. The van der Waals surface area contributed by atoms with Gasteiger partial charge in [0, 0.05) is 49.9 Å². The van der Waals surface area contributed by atoms with E-state index < -0.39 is 4.92 Å². The van der Waals surface area contributed by atoms with Gasteiger partial charge in [-0.2, -0.15) is 0 Å². The first-order valence-electron chi connectivity index (χ1n) is 8.54. The molecular weight excluding hydrogens is 324 g/mol. The number of non-ortho nitro benzene ring substituents is 1. The van der Waals surface area contributed by atoms with E-state index in [1.165, 1.54) is 18.2 Å². The van der Waals surface area contributed by atoms with Crippen LogP contribution in [0.5, 0.6) is 0 Å². The molecule has 1 aromatic rings. The maximum atomic E-state index is 12.5. The molecule has 25 heavy (non-hydrogen) atoms. The topological polar surface area (TPSA) is 95.8 Å². The Morgan fingerprint density at radius 1 is 1.24 bits per heavy atom. The van der Waals surface area contributed by atoms with Crippen molar-refractivity contribution < 1.29 is 14.5 Å². The van der Waals surface area contributed by atoms with Crippen LogP contribution in [0.2, 0.25) is 0 Å². The summed E-state index contributed by atoms with van der Waals surface area (Å²) in [6.45, 7) is 4.11. The number of rotatable bonds is 5. The first kappa shape index (κ1) is 17.3. The molecule has 0 spiro atoms. The van der Waals surface area contributed by atoms with Crippen molar-refractivity contribution in [2.24, 2.45) is 0 Å². The van der Waals surface area contributed by atoms with Gasteiger partial charge >= 0.3 is 0 Å². The number of nitrogens with one attached hydrogen (secondary N) is 1. The van der Waals surface area contributed by atoms with Crippen molar-refractivity contribution in [3.05, 3.63) is 39.9 Å². The zero-order valence-corrected chi connectivity index (χ0v) is 14.2. The van der Waals surface area contributed by atoms with Crippen molar-refractivity contribution in [2.45, 2.75) is 31.8 Å². The number of nitrogens with zero attached hydrogens (tertiary/aromatic N) is 3. The summed E-state index contributed by atoms with van der Waals surface area (Å²) in [6.07, 6.45) is 2.12. The molecule has 1 saturated heterocycles. The standard InChI is InChI=1S/C17H22N4O4/c1-12(16(22)18-14-5-6-14)19-7-9-20(10-8-19)17(23)13-3-2-4-15(11-13)21(24)25/h2-4,11-12,14H,5-10H2,1H3,(H,18,22). The molecule has 1 aliphatic heterocycles. The summed E-state index contributed by atoms with van der Waals surface area (Å²) in [5, 5.41) is 13.9. The minimum Gasteiger partial charge on any atom is -0.352 e. The maximum absolute atomic E-state index is 12.5. The van der Waals surface area contributed by atoms with Gasteiger partial charge in [-0.25, -0.2) is 0 Å². The molecule has 2 amide bonds. The number of benzene rings is 1. The monoisotopic (exact) mass is 346 g/mol. The third-order valence-corrected chi connectivity index (χ3v) is 4.76. The minimum absolute atomic E-state index is 0.0426. The van der Waals surface area contributed by atoms with Crippen LogP contribution in [0.3, 0.4) is 0 Å². The molecule has 1 N–H and O–H groups in total. The highest BCUT2D eigenvalue weighted by molar-refractivity contribution is 5.95. The Hall–Kier alpha value is -2.48. The lowest BCUT2D eigenvalue weighted by atomic mass is 10.1. The molecule has 1 unspecified atom stereocenters. The van der Waals surface area contributed by atoms with E-state index in [4.69, 9.17) is 0 Å². The second-order valence-electron chi connectivity index (χ2n) is 6.59. The van der Waals surface area contributed by atoms with Crippen LogP contribution in [-0.2, 0) is 4.79 Å². The van der Waals surface area contributed by atoms with Crippen LogP contribution in [0.15, 0.2) is 24.3 Å². The predicted octanol–water partition coefficient (Wildman–Crippen LogP) is 1.02. The van der Waals surface area contributed by atoms with E-state index in [2.05, 4.69) is 10.2 Å². The first-order chi connectivity index (χ1) is 12.0. The van der Waals surface area contributed by atoms with Gasteiger partial charge in [-0.1, -0.05) is 6.07 Å². The van der Waals surface area contributed by atoms with E-state index in [-0.39, 0.29) is 23.5 Å². The van der Waals surface area contributed by atoms with E-state index in [0.717, 1.165) is 12.8 Å². The van der Waals surface area contributed by atoms with Gasteiger partial charge in [-0.05, 0) is 25.8 Å². The molecule has 1 aromatic carbocycles. The summed E-state index contributed by atoms with van der Waals surface area (Å²) in [5.41, 5.74) is 0.233. The number of hydrogen-bond acceptors (Lipinski definition) is 5. The van der Waals surface area contributed by atoms with Crippen molar-refractivity contribution in [2.75, 3.05) is 26.2 Å². The van der Waals surface area contributed by atoms with E-state index in [0.29, 0.717) is 37.8 Å². The number of amides is 2. The Morgan fingerprint density at radius 3 is 2.52 bits per heavy atom. The van der Waals surface area contributed by atoms with Gasteiger partial charge in [0.05, 0.1) is 11.0 Å². The molecule has 0 aromatic heterocycles. The average Bonchev–Trinajstić information content (AvgIpc) is 3.44. The third-order valence-electron chi connectivity index (χ3n) is 4.76. The lowest BCUT2D eigenvalue weighted by Crippen LogP contribution is -2.55. The third kappa shape index (κ3) is 4.14. The van der Waals surface area contributed by atoms with Gasteiger partial charge in [0.15, 0.2) is 0 Å². The lowest BCUT2D eigenvalue weighted by Gasteiger charge is -2.37. The van der Waals surface area contributed by atoms with Crippen LogP contribution >= 0.6 is 0 Å². The Labute approximate surface area is 145 Å². The second-order valence-corrected chi connectivity index (χ2v) is 6.59. The molecule has 1 saturated carbocycles. The number of nitro groups is 1. The van der Waals surface area contributed by atoms with Crippen molar-refractivity contribution in [1.82, 2.24) is 15.1 Å². The van der Waals surface area contributed by atoms with Crippen LogP contribution in [0.25, 0.3) is 0 Å². The van der Waals surface area contributed by atoms with Crippen LogP contribution in [0.1, 0.15) is 30.1 Å². The first-order valence-corrected chi connectivity index (χ1v) is 8.54. The molecule has 8 nitrogen and oxygen atoms in total. The largest absolute Gasteiger partial charge is 0.352 e. The fourth-order valence-electron chi connectivity index (χ4n) is 2.96. The maximum Gasteiger partial charge on any atom is 0.270 e. The lowest BCUT2D eigenvalue weighted by molar-refractivity contribution is -0.384. The van der Waals surface area contributed by atoms with Crippen LogP contribution in [0.4, 0.5) is 5.69 Å². The molecule has 3 rings (SSSR count). The van der Waals surface area contributed by atoms with Crippen LogP contribution < -0.4 is 5.32 Å². The van der Waals surface area contributed by atoms with Crippen molar-refractivity contribution in [3.8, 4) is 0 Å². The van der Waals surface area contributed by atoms with Gasteiger partial charge < -0.3 is 10.2 Å². The average molecular weight is 346 g/mol. The number of nitro benzene ring substituents is 1. The normalized spacial score (nSPS) is 19.3. The fourth-order valence-corrected chi connectivity index (χ4v) is 2.96. The summed E-state index contributed by atoms with van der Waals surface area (Å²) in [7, 11) is 0. The molecule has 1 atom stereocenters. The van der Waals surface area contributed by atoms with Gasteiger partial charge in [-0.15, -0.1) is 0 Å². The molecule has 8 heteroatoms. The second kappa shape index (κ2) is 7.18. The summed E-state index contributed by atoms with van der Waals surface area (Å²) in [4.78, 5) is 38.8. The van der Waals surface area contributed by atoms with Crippen LogP contribution in [-0.4, -0.2) is 64.8 Å². The van der Waals surface area contributed by atoms with E-state index in [1.807, 2.05) is 6.92 Å². The van der Waals surface area contributed by atoms with E-state index in [9.17, 15) is 19.7 Å². The predicted molar refractivity (Wildman–Crippen MR) is 91.2 cm³/mol. The molecule has 1 aliphatic carbocycles. The molecule has 1 heterocycles.